The Kier molecular flexibility index (Phi) is 4.21. The molecule has 1 fully saturated rings. The van der Waals surface area contributed by atoms with E-state index in [1.807, 2.05) is 18.0 Å². The van der Waals surface area contributed by atoms with E-state index in [0.29, 0.717) is 19.0 Å². The van der Waals surface area contributed by atoms with Crippen molar-refractivity contribution in [1.29, 1.82) is 0 Å². The number of nitrogens with zero attached hydrogens (tertiary/aromatic N) is 3. The van der Waals surface area contributed by atoms with Crippen LogP contribution in [-0.2, 0) is 11.3 Å². The average Bonchev–Trinajstić information content (AvgIpc) is 2.80. The van der Waals surface area contributed by atoms with E-state index in [1.54, 1.807) is 0 Å². The van der Waals surface area contributed by atoms with Crippen molar-refractivity contribution in [2.45, 2.75) is 32.4 Å². The quantitative estimate of drug-likeness (QED) is 0.877. The first-order valence-corrected chi connectivity index (χ1v) is 6.58. The summed E-state index contributed by atoms with van der Waals surface area (Å²) in [5, 5.41) is 13.2. The third kappa shape index (κ3) is 3.33. The Balaban J connectivity index is 1.97. The minimum atomic E-state index is -0.771. The molecule has 106 valence electrons. The van der Waals surface area contributed by atoms with Gasteiger partial charge in [0, 0.05) is 25.7 Å². The van der Waals surface area contributed by atoms with Gasteiger partial charge in [0.25, 0.3) is 0 Å². The van der Waals surface area contributed by atoms with Crippen molar-refractivity contribution in [2.24, 2.45) is 0 Å². The molecule has 1 aliphatic rings. The minimum Gasteiger partial charge on any atom is -0.480 e. The number of hydrogen-bond acceptors (Lipinski definition) is 5. The van der Waals surface area contributed by atoms with Gasteiger partial charge in [0.05, 0.1) is 12.2 Å². The van der Waals surface area contributed by atoms with Crippen LogP contribution >= 0.6 is 0 Å². The molecule has 2 rings (SSSR count). The van der Waals surface area contributed by atoms with Crippen LogP contribution in [0.1, 0.15) is 31.2 Å². The Bertz CT molecular complexity index is 444. The van der Waals surface area contributed by atoms with Gasteiger partial charge in [-0.2, -0.15) is 0 Å². The molecule has 1 aliphatic heterocycles. The van der Waals surface area contributed by atoms with Crippen LogP contribution in [0, 0.1) is 0 Å². The first-order chi connectivity index (χ1) is 8.97. The summed E-state index contributed by atoms with van der Waals surface area (Å²) in [6.45, 7) is 6.87. The maximum absolute atomic E-state index is 11.2. The Labute approximate surface area is 113 Å². The zero-order valence-corrected chi connectivity index (χ0v) is 11.7. The van der Waals surface area contributed by atoms with Gasteiger partial charge in [0.15, 0.2) is 5.76 Å². The van der Waals surface area contributed by atoms with Crippen LogP contribution in [0.2, 0.25) is 0 Å². The summed E-state index contributed by atoms with van der Waals surface area (Å²) in [6.07, 6.45) is 0. The predicted octanol–water partition coefficient (Wildman–Crippen LogP) is 0.999. The molecule has 1 aromatic heterocycles. The highest BCUT2D eigenvalue weighted by atomic mass is 16.5. The molecule has 0 bridgehead atoms. The molecule has 1 unspecified atom stereocenters. The molecule has 0 amide bonds. The maximum atomic E-state index is 11.2. The second-order valence-corrected chi connectivity index (χ2v) is 5.44. The first-order valence-electron chi connectivity index (χ1n) is 6.58. The number of likely N-dealkylation sites (N-methyl/N-ethyl adjacent to an activating group) is 1. The summed E-state index contributed by atoms with van der Waals surface area (Å²) in [5.74, 6) is 0.377. The predicted molar refractivity (Wildman–Crippen MR) is 69.9 cm³/mol. The lowest BCUT2D eigenvalue weighted by molar-refractivity contribution is -0.145. The molecule has 1 aromatic rings. The van der Waals surface area contributed by atoms with E-state index in [0.717, 1.165) is 24.5 Å². The summed E-state index contributed by atoms with van der Waals surface area (Å²) in [5.41, 5.74) is 0.943. The molecule has 1 atom stereocenters. The van der Waals surface area contributed by atoms with Crippen molar-refractivity contribution in [3.8, 4) is 0 Å². The van der Waals surface area contributed by atoms with Crippen molar-refractivity contribution in [3.05, 3.63) is 17.5 Å². The monoisotopic (exact) mass is 267 g/mol. The molecule has 6 heteroatoms. The number of carboxylic acids is 1. The van der Waals surface area contributed by atoms with E-state index >= 15 is 0 Å². The van der Waals surface area contributed by atoms with E-state index < -0.39 is 12.0 Å². The van der Waals surface area contributed by atoms with Gasteiger partial charge in [-0.3, -0.25) is 14.6 Å². The van der Waals surface area contributed by atoms with Crippen molar-refractivity contribution in [1.82, 2.24) is 15.0 Å². The van der Waals surface area contributed by atoms with Gasteiger partial charge in [-0.15, -0.1) is 0 Å². The van der Waals surface area contributed by atoms with Crippen molar-refractivity contribution >= 4 is 5.97 Å². The fourth-order valence-electron chi connectivity index (χ4n) is 2.24. The van der Waals surface area contributed by atoms with Crippen molar-refractivity contribution < 1.29 is 14.4 Å². The van der Waals surface area contributed by atoms with Crippen molar-refractivity contribution in [2.75, 3.05) is 26.7 Å². The molecule has 0 radical (unpaired) electrons. The minimum absolute atomic E-state index is 0.344. The van der Waals surface area contributed by atoms with E-state index in [-0.39, 0.29) is 0 Å². The third-order valence-electron chi connectivity index (χ3n) is 3.57. The number of aliphatic carboxylic acids is 1. The zero-order chi connectivity index (χ0) is 14.0. The van der Waals surface area contributed by atoms with Gasteiger partial charge in [-0.1, -0.05) is 19.0 Å². The molecule has 0 aromatic carbocycles. The molecular formula is C13H21N3O3. The second-order valence-electron chi connectivity index (χ2n) is 5.44. The maximum Gasteiger partial charge on any atom is 0.322 e. The highest BCUT2D eigenvalue weighted by molar-refractivity contribution is 5.73. The van der Waals surface area contributed by atoms with E-state index in [9.17, 15) is 4.79 Å². The number of rotatable bonds is 4. The van der Waals surface area contributed by atoms with Crippen molar-refractivity contribution in [3.63, 3.8) is 0 Å². The van der Waals surface area contributed by atoms with Gasteiger partial charge in [0.1, 0.15) is 6.04 Å². The Hall–Kier alpha value is -1.40. The fraction of sp³-hybridized carbons (Fsp3) is 0.692. The van der Waals surface area contributed by atoms with Crippen LogP contribution in [-0.4, -0.2) is 58.8 Å². The van der Waals surface area contributed by atoms with Crippen LogP contribution in [0.5, 0.6) is 0 Å². The number of hydrogen-bond donors (Lipinski definition) is 1. The molecule has 0 aliphatic carbocycles. The summed E-state index contributed by atoms with van der Waals surface area (Å²) in [7, 11) is 1.85. The van der Waals surface area contributed by atoms with E-state index in [4.69, 9.17) is 9.63 Å². The van der Waals surface area contributed by atoms with E-state index in [1.165, 1.54) is 0 Å². The smallest absolute Gasteiger partial charge is 0.322 e. The Morgan fingerprint density at radius 3 is 2.89 bits per heavy atom. The standard InChI is InChI=1S/C13H21N3O3/c1-9(2)11-6-10(19-14-11)7-16-5-4-15(3)12(8-16)13(17)18/h6,9,12H,4-5,7-8H2,1-3H3,(H,17,18). The summed E-state index contributed by atoms with van der Waals surface area (Å²) in [6, 6.07) is 1.51. The van der Waals surface area contributed by atoms with Gasteiger partial charge in [-0.25, -0.2) is 0 Å². The van der Waals surface area contributed by atoms with E-state index in [2.05, 4.69) is 23.9 Å². The third-order valence-corrected chi connectivity index (χ3v) is 3.57. The molecule has 6 nitrogen and oxygen atoms in total. The largest absolute Gasteiger partial charge is 0.480 e. The topological polar surface area (TPSA) is 69.8 Å². The first kappa shape index (κ1) is 14.0. The van der Waals surface area contributed by atoms with Crippen LogP contribution < -0.4 is 0 Å². The van der Waals surface area contributed by atoms with Crippen LogP contribution in [0.4, 0.5) is 0 Å². The molecule has 0 spiro atoms. The average molecular weight is 267 g/mol. The molecule has 1 saturated heterocycles. The number of aromatic nitrogens is 1. The Morgan fingerprint density at radius 2 is 2.32 bits per heavy atom. The molecule has 19 heavy (non-hydrogen) atoms. The normalized spacial score (nSPS) is 22.0. The Morgan fingerprint density at radius 1 is 1.58 bits per heavy atom. The van der Waals surface area contributed by atoms with Gasteiger partial charge >= 0.3 is 5.97 Å². The molecule has 2 heterocycles. The van der Waals surface area contributed by atoms with Crippen LogP contribution in [0.25, 0.3) is 0 Å². The molecule has 1 N–H and O–H groups in total. The van der Waals surface area contributed by atoms with Crippen LogP contribution in [0.15, 0.2) is 10.6 Å². The number of piperazine rings is 1. The SMILES string of the molecule is CC(C)c1cc(CN2CCN(C)C(C(=O)O)C2)on1. The molecule has 0 saturated carbocycles. The van der Waals surface area contributed by atoms with Gasteiger partial charge < -0.3 is 9.63 Å². The van der Waals surface area contributed by atoms with Gasteiger partial charge in [-0.05, 0) is 13.0 Å². The lowest BCUT2D eigenvalue weighted by atomic mass is 10.1. The zero-order valence-electron chi connectivity index (χ0n) is 11.7. The second kappa shape index (κ2) is 5.71. The summed E-state index contributed by atoms with van der Waals surface area (Å²) < 4.78 is 5.30. The van der Waals surface area contributed by atoms with Crippen LogP contribution in [0.3, 0.4) is 0 Å². The number of carboxylic acid groups (broad SMARTS) is 1. The van der Waals surface area contributed by atoms with Gasteiger partial charge in [0.2, 0.25) is 0 Å². The number of carbonyl (C=O) groups is 1. The summed E-state index contributed by atoms with van der Waals surface area (Å²) >= 11 is 0. The fourth-order valence-corrected chi connectivity index (χ4v) is 2.24. The lowest BCUT2D eigenvalue weighted by Crippen LogP contribution is -2.54. The highest BCUT2D eigenvalue weighted by Gasteiger charge is 2.30. The summed E-state index contributed by atoms with van der Waals surface area (Å²) in [4.78, 5) is 15.1. The molecular weight excluding hydrogens is 246 g/mol. The lowest BCUT2D eigenvalue weighted by Gasteiger charge is -2.36. The highest BCUT2D eigenvalue weighted by Crippen LogP contribution is 2.17.